The minimum absolute atomic E-state index is 0.182. The predicted molar refractivity (Wildman–Crippen MR) is 140 cm³/mol. The highest BCUT2D eigenvalue weighted by Crippen LogP contribution is 2.18. The lowest BCUT2D eigenvalue weighted by molar-refractivity contribution is 0.219. The molecule has 11 heteroatoms. The van der Waals surface area contributed by atoms with Crippen LogP contribution in [0, 0.1) is 11.8 Å². The number of anilines is 2. The van der Waals surface area contributed by atoms with E-state index in [1.54, 1.807) is 42.6 Å². The van der Waals surface area contributed by atoms with Crippen molar-refractivity contribution in [2.75, 3.05) is 48.4 Å². The van der Waals surface area contributed by atoms with E-state index in [0.29, 0.717) is 55.0 Å². The fraction of sp³-hybridized carbons (Fsp3) is 0.346. The molecule has 3 heterocycles. The summed E-state index contributed by atoms with van der Waals surface area (Å²) in [5, 5.41) is 9.21. The highest BCUT2D eigenvalue weighted by atomic mass is 32.2. The number of nitrogens with zero attached hydrogens (tertiary/aromatic N) is 3. The number of benzene rings is 1. The molecule has 2 N–H and O–H groups in total. The molecule has 1 aromatic carbocycles. The number of hydrogen-bond acceptors (Lipinski definition) is 8. The molecule has 1 aliphatic heterocycles. The molecule has 10 nitrogen and oxygen atoms in total. The number of sulfone groups is 1. The smallest absolute Gasteiger partial charge is 0.324 e. The summed E-state index contributed by atoms with van der Waals surface area (Å²) < 4.78 is 33.9. The van der Waals surface area contributed by atoms with Crippen molar-refractivity contribution in [1.82, 2.24) is 15.0 Å². The van der Waals surface area contributed by atoms with Crippen molar-refractivity contribution >= 4 is 27.4 Å². The summed E-state index contributed by atoms with van der Waals surface area (Å²) in [7, 11) is -2.87. The quantitative estimate of drug-likeness (QED) is 0.452. The number of carbonyl (C=O) groups excluding carboxylic acids is 1. The van der Waals surface area contributed by atoms with Crippen molar-refractivity contribution in [2.45, 2.75) is 19.8 Å². The lowest BCUT2D eigenvalue weighted by Crippen LogP contribution is -2.42. The topological polar surface area (TPSA) is 127 Å². The van der Waals surface area contributed by atoms with Gasteiger partial charge in [0.15, 0.2) is 15.7 Å². The van der Waals surface area contributed by atoms with E-state index in [1.807, 2.05) is 19.9 Å². The molecule has 1 aliphatic rings. The van der Waals surface area contributed by atoms with E-state index in [0.717, 1.165) is 5.56 Å². The minimum Gasteiger partial charge on any atom is -0.491 e. The molecule has 2 aromatic heterocycles. The molecule has 0 saturated carbocycles. The maximum absolute atomic E-state index is 12.2. The number of pyridine rings is 1. The number of nitrogens with one attached hydrogen (secondary N) is 2. The maximum Gasteiger partial charge on any atom is 0.324 e. The molecule has 0 radical (unpaired) electrons. The van der Waals surface area contributed by atoms with Gasteiger partial charge < -0.3 is 14.6 Å². The van der Waals surface area contributed by atoms with Gasteiger partial charge >= 0.3 is 6.03 Å². The van der Waals surface area contributed by atoms with E-state index in [4.69, 9.17) is 9.26 Å². The Hall–Kier alpha value is -3.88. The third kappa shape index (κ3) is 8.06. The van der Waals surface area contributed by atoms with Crippen LogP contribution in [0.1, 0.15) is 36.8 Å². The fourth-order valence-corrected chi connectivity index (χ4v) is 4.75. The molecule has 2 amide bonds. The van der Waals surface area contributed by atoms with Crippen molar-refractivity contribution in [1.29, 1.82) is 0 Å². The average Bonchev–Trinajstić information content (AvgIpc) is 3.34. The Morgan fingerprint density at radius 1 is 1.11 bits per heavy atom. The molecule has 1 fully saturated rings. The second kappa shape index (κ2) is 11.9. The van der Waals surface area contributed by atoms with Crippen molar-refractivity contribution in [3.8, 4) is 17.6 Å². The van der Waals surface area contributed by atoms with Crippen LogP contribution in [0.25, 0.3) is 0 Å². The van der Waals surface area contributed by atoms with Crippen LogP contribution >= 0.6 is 0 Å². The van der Waals surface area contributed by atoms with Gasteiger partial charge in [0, 0.05) is 42.9 Å². The predicted octanol–water partition coefficient (Wildman–Crippen LogP) is 3.35. The van der Waals surface area contributed by atoms with E-state index >= 15 is 0 Å². The van der Waals surface area contributed by atoms with E-state index < -0.39 is 15.9 Å². The van der Waals surface area contributed by atoms with Crippen LogP contribution in [0.5, 0.6) is 5.75 Å². The number of amides is 2. The fourth-order valence-electron chi connectivity index (χ4n) is 3.48. The first-order valence-electron chi connectivity index (χ1n) is 11.9. The van der Waals surface area contributed by atoms with Gasteiger partial charge in [0.2, 0.25) is 0 Å². The number of carbonyl (C=O) groups is 1. The molecule has 3 aromatic rings. The Morgan fingerprint density at radius 2 is 1.86 bits per heavy atom. The number of ether oxygens (including phenoxy) is 1. The Labute approximate surface area is 216 Å². The largest absolute Gasteiger partial charge is 0.491 e. The summed E-state index contributed by atoms with van der Waals surface area (Å²) in [6.07, 6.45) is 1.62. The third-order valence-electron chi connectivity index (χ3n) is 5.67. The van der Waals surface area contributed by atoms with Crippen LogP contribution in [0.3, 0.4) is 0 Å². The lowest BCUT2D eigenvalue weighted by Gasteiger charge is -2.26. The Bertz CT molecular complexity index is 1360. The number of rotatable bonds is 7. The zero-order valence-electron chi connectivity index (χ0n) is 20.7. The minimum atomic E-state index is -2.87. The average molecular weight is 524 g/mol. The van der Waals surface area contributed by atoms with Crippen molar-refractivity contribution in [3.05, 3.63) is 65.7 Å². The molecule has 0 aliphatic carbocycles. The second-order valence-corrected chi connectivity index (χ2v) is 11.2. The summed E-state index contributed by atoms with van der Waals surface area (Å²) in [4.78, 5) is 18.6. The van der Waals surface area contributed by atoms with Crippen molar-refractivity contribution < 1.29 is 22.5 Å². The number of urea groups is 1. The van der Waals surface area contributed by atoms with Gasteiger partial charge in [-0.3, -0.25) is 10.2 Å². The molecule has 0 unspecified atom stereocenters. The van der Waals surface area contributed by atoms with Gasteiger partial charge in [0.1, 0.15) is 23.8 Å². The molecule has 194 valence electrons. The number of aromatic nitrogens is 2. The SMILES string of the molecule is CC(C)c1cc(NC(=O)Nc2ccc(C#Cc3ccc(OCCN4CCS(=O)(=O)CC4)cn3)cc2)no1. The van der Waals surface area contributed by atoms with Crippen LogP contribution in [0.4, 0.5) is 16.3 Å². The Kier molecular flexibility index (Phi) is 8.43. The number of hydrogen-bond donors (Lipinski definition) is 2. The van der Waals surface area contributed by atoms with E-state index in [9.17, 15) is 13.2 Å². The van der Waals surface area contributed by atoms with Gasteiger partial charge in [-0.05, 0) is 42.3 Å². The molecule has 4 rings (SSSR count). The van der Waals surface area contributed by atoms with Gasteiger partial charge in [-0.1, -0.05) is 24.9 Å². The van der Waals surface area contributed by atoms with Crippen LogP contribution in [0.2, 0.25) is 0 Å². The summed E-state index contributed by atoms with van der Waals surface area (Å²) in [5.41, 5.74) is 1.99. The first kappa shape index (κ1) is 26.2. The first-order valence-corrected chi connectivity index (χ1v) is 13.8. The monoisotopic (exact) mass is 523 g/mol. The zero-order valence-corrected chi connectivity index (χ0v) is 21.5. The molecular weight excluding hydrogens is 494 g/mol. The normalized spacial score (nSPS) is 15.0. The third-order valence-corrected chi connectivity index (χ3v) is 7.28. The molecule has 0 spiro atoms. The first-order chi connectivity index (χ1) is 17.8. The Balaban J connectivity index is 1.22. The molecule has 0 atom stereocenters. The van der Waals surface area contributed by atoms with Gasteiger partial charge in [0.25, 0.3) is 0 Å². The summed E-state index contributed by atoms with van der Waals surface area (Å²) in [6, 6.07) is 12.0. The van der Waals surface area contributed by atoms with Crippen LogP contribution < -0.4 is 15.4 Å². The van der Waals surface area contributed by atoms with Gasteiger partial charge in [-0.25, -0.2) is 18.2 Å². The zero-order chi connectivity index (χ0) is 26.3. The van der Waals surface area contributed by atoms with Crippen LogP contribution in [-0.4, -0.2) is 67.2 Å². The Morgan fingerprint density at radius 3 is 2.51 bits per heavy atom. The van der Waals surface area contributed by atoms with E-state index in [-0.39, 0.29) is 17.4 Å². The lowest BCUT2D eigenvalue weighted by atomic mass is 10.2. The van der Waals surface area contributed by atoms with E-state index in [2.05, 4.69) is 37.5 Å². The molecule has 37 heavy (non-hydrogen) atoms. The van der Waals surface area contributed by atoms with Crippen LogP contribution in [0.15, 0.2) is 53.2 Å². The molecular formula is C26H29N5O5S. The van der Waals surface area contributed by atoms with Crippen molar-refractivity contribution in [2.24, 2.45) is 0 Å². The molecule has 0 bridgehead atoms. The highest BCUT2D eigenvalue weighted by molar-refractivity contribution is 7.91. The van der Waals surface area contributed by atoms with Gasteiger partial charge in [-0.2, -0.15) is 0 Å². The van der Waals surface area contributed by atoms with Gasteiger partial charge in [0.05, 0.1) is 17.7 Å². The molecule has 1 saturated heterocycles. The maximum atomic E-state index is 12.2. The summed E-state index contributed by atoms with van der Waals surface area (Å²) >= 11 is 0. The van der Waals surface area contributed by atoms with Crippen LogP contribution in [-0.2, 0) is 9.84 Å². The second-order valence-electron chi connectivity index (χ2n) is 8.90. The van der Waals surface area contributed by atoms with Gasteiger partial charge in [-0.15, -0.1) is 0 Å². The summed E-state index contributed by atoms with van der Waals surface area (Å²) in [6.45, 7) is 6.18. The van der Waals surface area contributed by atoms with E-state index in [1.165, 1.54) is 0 Å². The summed E-state index contributed by atoms with van der Waals surface area (Å²) in [5.74, 6) is 8.34. The van der Waals surface area contributed by atoms with Crippen molar-refractivity contribution in [3.63, 3.8) is 0 Å². The standard InChI is InChI=1S/C26H29N5O5S/c1-19(2)24-17-25(30-36-24)29-26(32)28-22-7-4-20(5-8-22)3-6-21-9-10-23(18-27-21)35-14-11-31-12-15-37(33,34)16-13-31/h4-5,7-10,17-19H,11-16H2,1-2H3,(H2,28,29,30,32). The highest BCUT2D eigenvalue weighted by Gasteiger charge is 2.21.